The van der Waals surface area contributed by atoms with Crippen LogP contribution in [0.4, 0.5) is 4.79 Å². The highest BCUT2D eigenvalue weighted by molar-refractivity contribution is 6.30. The fourth-order valence-corrected chi connectivity index (χ4v) is 4.58. The summed E-state index contributed by atoms with van der Waals surface area (Å²) in [6.07, 6.45) is 5.05. The van der Waals surface area contributed by atoms with Gasteiger partial charge in [-0.1, -0.05) is 54.1 Å². The second-order valence-corrected chi connectivity index (χ2v) is 8.90. The van der Waals surface area contributed by atoms with E-state index in [-0.39, 0.29) is 0 Å². The van der Waals surface area contributed by atoms with Gasteiger partial charge in [-0.15, -0.1) is 0 Å². The highest BCUT2D eigenvalue weighted by atomic mass is 35.5. The van der Waals surface area contributed by atoms with Gasteiger partial charge in [0.15, 0.2) is 0 Å². The lowest BCUT2D eigenvalue weighted by atomic mass is 10.1. The van der Waals surface area contributed by atoms with E-state index >= 15 is 0 Å². The number of carbonyl (C=O) groups excluding carboxylic acids is 1. The average molecular weight is 488 g/mol. The molecule has 1 aliphatic heterocycles. The van der Waals surface area contributed by atoms with Gasteiger partial charge < -0.3 is 14.4 Å². The van der Waals surface area contributed by atoms with Crippen LogP contribution in [0.5, 0.6) is 5.75 Å². The molecular formula is C28H26ClN3O3. The summed E-state index contributed by atoms with van der Waals surface area (Å²) in [6, 6.07) is 21.3. The molecule has 5 rings (SSSR count). The molecule has 178 valence electrons. The van der Waals surface area contributed by atoms with Crippen LogP contribution in [0.3, 0.4) is 0 Å². The van der Waals surface area contributed by atoms with E-state index in [4.69, 9.17) is 21.1 Å². The number of hydrazone groups is 1. The lowest BCUT2D eigenvalue weighted by molar-refractivity contribution is 0.0548. The van der Waals surface area contributed by atoms with Crippen molar-refractivity contribution < 1.29 is 14.3 Å². The number of rotatable bonds is 5. The number of amides is 1. The lowest BCUT2D eigenvalue weighted by Crippen LogP contribution is -2.36. The zero-order valence-electron chi connectivity index (χ0n) is 19.2. The molecule has 0 radical (unpaired) electrons. The molecular weight excluding hydrogens is 462 g/mol. The van der Waals surface area contributed by atoms with Gasteiger partial charge in [0, 0.05) is 23.8 Å². The van der Waals surface area contributed by atoms with Crippen molar-refractivity contribution >= 4 is 40.8 Å². The number of nitrogens with zero attached hydrogens (tertiary/aromatic N) is 2. The largest absolute Gasteiger partial charge is 0.433 e. The zero-order valence-corrected chi connectivity index (χ0v) is 20.0. The van der Waals surface area contributed by atoms with Crippen molar-refractivity contribution in [2.75, 3.05) is 26.3 Å². The van der Waals surface area contributed by atoms with Crippen LogP contribution >= 0.6 is 11.6 Å². The number of allylic oxidation sites excluding steroid dienone is 2. The van der Waals surface area contributed by atoms with Gasteiger partial charge in [-0.05, 0) is 70.7 Å². The van der Waals surface area contributed by atoms with E-state index in [2.05, 4.69) is 21.5 Å². The van der Waals surface area contributed by atoms with E-state index in [0.29, 0.717) is 19.0 Å². The standard InChI is InChI=1S/C28H26ClN3O3/c29-25-10-5-20(6-11-25)17-23-7-8-24(27(23)32-13-15-34-16-14-32)19-30-31-28(33)35-26-12-9-21-3-1-2-4-22(21)18-26/h1-6,9-12,17-19H,7-8,13-16H2,(H,31,33). The first-order chi connectivity index (χ1) is 17.2. The molecule has 1 aliphatic carbocycles. The van der Waals surface area contributed by atoms with Crippen LogP contribution in [-0.4, -0.2) is 43.5 Å². The van der Waals surface area contributed by atoms with Gasteiger partial charge >= 0.3 is 6.09 Å². The topological polar surface area (TPSA) is 63.2 Å². The number of carbonyl (C=O) groups is 1. The first kappa shape index (κ1) is 23.1. The number of halogens is 1. The van der Waals surface area contributed by atoms with Crippen LogP contribution in [0.25, 0.3) is 16.8 Å². The summed E-state index contributed by atoms with van der Waals surface area (Å²) in [4.78, 5) is 14.7. The second kappa shape index (κ2) is 10.8. The van der Waals surface area contributed by atoms with Gasteiger partial charge in [0.1, 0.15) is 5.75 Å². The van der Waals surface area contributed by atoms with Gasteiger partial charge in [0.05, 0.1) is 19.4 Å². The van der Waals surface area contributed by atoms with Crippen molar-refractivity contribution in [2.24, 2.45) is 5.10 Å². The Bertz CT molecular complexity index is 1310. The summed E-state index contributed by atoms with van der Waals surface area (Å²) in [5.74, 6) is 0.471. The normalized spacial score (nSPS) is 17.5. The van der Waals surface area contributed by atoms with Crippen LogP contribution in [0.1, 0.15) is 18.4 Å². The summed E-state index contributed by atoms with van der Waals surface area (Å²) in [7, 11) is 0. The monoisotopic (exact) mass is 487 g/mol. The van der Waals surface area contributed by atoms with E-state index in [9.17, 15) is 4.79 Å². The fourth-order valence-electron chi connectivity index (χ4n) is 4.46. The molecule has 1 N–H and O–H groups in total. The van der Waals surface area contributed by atoms with Crippen molar-refractivity contribution in [3.05, 3.63) is 94.2 Å². The van der Waals surface area contributed by atoms with Crippen LogP contribution in [0, 0.1) is 0 Å². The maximum atomic E-state index is 12.3. The SMILES string of the molecule is O=C(NN=CC1=C(N2CCOCC2)C(=Cc2ccc(Cl)cc2)CC1)Oc1ccc2ccccc2c1. The molecule has 0 spiro atoms. The Labute approximate surface area is 209 Å². The van der Waals surface area contributed by atoms with Gasteiger partial charge in [0.2, 0.25) is 0 Å². The zero-order chi connectivity index (χ0) is 24.0. The summed E-state index contributed by atoms with van der Waals surface area (Å²) >= 11 is 6.05. The Morgan fingerprint density at radius 1 is 1.00 bits per heavy atom. The highest BCUT2D eigenvalue weighted by Gasteiger charge is 2.25. The van der Waals surface area contributed by atoms with E-state index in [1.165, 1.54) is 5.57 Å². The van der Waals surface area contributed by atoms with Crippen molar-refractivity contribution in [3.8, 4) is 5.75 Å². The van der Waals surface area contributed by atoms with Crippen molar-refractivity contribution in [1.82, 2.24) is 10.3 Å². The summed E-state index contributed by atoms with van der Waals surface area (Å²) in [6.45, 7) is 3.03. The number of benzene rings is 3. The molecule has 1 heterocycles. The summed E-state index contributed by atoms with van der Waals surface area (Å²) in [5.41, 5.74) is 7.09. The Balaban J connectivity index is 1.31. The van der Waals surface area contributed by atoms with Crippen molar-refractivity contribution in [2.45, 2.75) is 12.8 Å². The van der Waals surface area contributed by atoms with E-state index in [1.807, 2.05) is 60.7 Å². The Hall–Kier alpha value is -3.61. The molecule has 0 aromatic heterocycles. The minimum Gasteiger partial charge on any atom is -0.409 e. The smallest absolute Gasteiger partial charge is 0.409 e. The van der Waals surface area contributed by atoms with Crippen LogP contribution in [0.2, 0.25) is 5.02 Å². The lowest BCUT2D eigenvalue weighted by Gasteiger charge is -2.31. The number of morpholine rings is 1. The molecule has 1 amide bonds. The van der Waals surface area contributed by atoms with Crippen molar-refractivity contribution in [1.29, 1.82) is 0 Å². The molecule has 35 heavy (non-hydrogen) atoms. The van der Waals surface area contributed by atoms with Gasteiger partial charge in [-0.3, -0.25) is 0 Å². The predicted octanol–water partition coefficient (Wildman–Crippen LogP) is 6.03. The van der Waals surface area contributed by atoms with Crippen LogP contribution in [0.15, 0.2) is 88.7 Å². The Kier molecular flexibility index (Phi) is 7.12. The summed E-state index contributed by atoms with van der Waals surface area (Å²) < 4.78 is 11.0. The molecule has 0 atom stereocenters. The molecule has 7 heteroatoms. The molecule has 1 fully saturated rings. The number of nitrogens with one attached hydrogen (secondary N) is 1. The molecule has 3 aromatic carbocycles. The fraction of sp³-hybridized carbons (Fsp3) is 0.214. The third-order valence-corrected chi connectivity index (χ3v) is 6.37. The van der Waals surface area contributed by atoms with E-state index < -0.39 is 6.09 Å². The highest BCUT2D eigenvalue weighted by Crippen LogP contribution is 2.35. The van der Waals surface area contributed by atoms with E-state index in [0.717, 1.165) is 58.6 Å². The number of ether oxygens (including phenoxy) is 2. The number of hydrogen-bond acceptors (Lipinski definition) is 5. The molecule has 6 nitrogen and oxygen atoms in total. The first-order valence-corrected chi connectivity index (χ1v) is 12.1. The maximum absolute atomic E-state index is 12.3. The summed E-state index contributed by atoms with van der Waals surface area (Å²) in [5, 5.41) is 7.01. The van der Waals surface area contributed by atoms with E-state index in [1.54, 1.807) is 12.3 Å². The number of hydrogen-bond donors (Lipinski definition) is 1. The second-order valence-electron chi connectivity index (χ2n) is 8.46. The minimum absolute atomic E-state index is 0.471. The third kappa shape index (κ3) is 5.73. The third-order valence-electron chi connectivity index (χ3n) is 6.12. The Morgan fingerprint density at radius 3 is 2.57 bits per heavy atom. The predicted molar refractivity (Wildman–Crippen MR) is 140 cm³/mol. The van der Waals surface area contributed by atoms with Gasteiger partial charge in [-0.25, -0.2) is 10.2 Å². The first-order valence-electron chi connectivity index (χ1n) is 11.7. The van der Waals surface area contributed by atoms with Crippen molar-refractivity contribution in [3.63, 3.8) is 0 Å². The minimum atomic E-state index is -0.625. The number of fused-ring (bicyclic) bond motifs is 1. The van der Waals surface area contributed by atoms with Gasteiger partial charge in [-0.2, -0.15) is 5.10 Å². The molecule has 0 unspecified atom stereocenters. The van der Waals surface area contributed by atoms with Crippen LogP contribution in [-0.2, 0) is 4.74 Å². The molecule has 1 saturated heterocycles. The molecule has 3 aromatic rings. The quantitative estimate of drug-likeness (QED) is 0.352. The van der Waals surface area contributed by atoms with Gasteiger partial charge in [0.25, 0.3) is 0 Å². The molecule has 0 saturated carbocycles. The maximum Gasteiger partial charge on any atom is 0.433 e. The average Bonchev–Trinajstić information content (AvgIpc) is 3.28. The molecule has 0 bridgehead atoms. The Morgan fingerprint density at radius 2 is 1.77 bits per heavy atom. The van der Waals surface area contributed by atoms with Crippen LogP contribution < -0.4 is 10.2 Å². The molecule has 2 aliphatic rings.